The summed E-state index contributed by atoms with van der Waals surface area (Å²) in [4.78, 5) is 12.4. The Morgan fingerprint density at radius 3 is 2.36 bits per heavy atom. The molecule has 1 aromatic heterocycles. The Morgan fingerprint density at radius 2 is 1.57 bits per heavy atom. The van der Waals surface area contributed by atoms with Gasteiger partial charge in [-0.05, 0) is 35.4 Å². The van der Waals surface area contributed by atoms with Crippen molar-refractivity contribution in [3.05, 3.63) is 89.2 Å². The molecule has 0 amide bonds. The Bertz CT molecular complexity index is 1130. The second-order valence-corrected chi connectivity index (χ2v) is 6.45. The SMILES string of the molecule is O=c1c2ccccc2nnn1C[C@H](O)COc1ccc(-c2ccccc2)cc1. The number of aliphatic hydroxyl groups is 1. The third-order valence-electron chi connectivity index (χ3n) is 4.42. The molecule has 0 unspecified atom stereocenters. The molecule has 4 rings (SSSR count). The number of aliphatic hydroxyl groups excluding tert-OH is 1. The smallest absolute Gasteiger partial charge is 0.277 e. The highest BCUT2D eigenvalue weighted by Crippen LogP contribution is 2.22. The van der Waals surface area contributed by atoms with E-state index in [0.29, 0.717) is 16.7 Å². The van der Waals surface area contributed by atoms with Crippen LogP contribution in [0.3, 0.4) is 0 Å². The lowest BCUT2D eigenvalue weighted by atomic mass is 10.1. The summed E-state index contributed by atoms with van der Waals surface area (Å²) >= 11 is 0. The van der Waals surface area contributed by atoms with Crippen LogP contribution in [0.4, 0.5) is 0 Å². The maximum absolute atomic E-state index is 12.4. The number of rotatable bonds is 6. The van der Waals surface area contributed by atoms with Crippen LogP contribution >= 0.6 is 0 Å². The molecule has 0 bridgehead atoms. The molecule has 6 nitrogen and oxygen atoms in total. The molecule has 0 aliphatic carbocycles. The van der Waals surface area contributed by atoms with Gasteiger partial charge >= 0.3 is 0 Å². The maximum atomic E-state index is 12.4. The van der Waals surface area contributed by atoms with E-state index in [4.69, 9.17) is 4.74 Å². The van der Waals surface area contributed by atoms with Crippen molar-refractivity contribution in [3.8, 4) is 16.9 Å². The second-order valence-electron chi connectivity index (χ2n) is 6.45. The zero-order valence-electron chi connectivity index (χ0n) is 15.1. The molecule has 6 heteroatoms. The molecular formula is C22H19N3O3. The van der Waals surface area contributed by atoms with Crippen molar-refractivity contribution in [2.24, 2.45) is 0 Å². The van der Waals surface area contributed by atoms with Gasteiger partial charge in [-0.1, -0.05) is 59.8 Å². The van der Waals surface area contributed by atoms with Crippen molar-refractivity contribution in [1.82, 2.24) is 15.0 Å². The first-order valence-corrected chi connectivity index (χ1v) is 8.99. The lowest BCUT2D eigenvalue weighted by molar-refractivity contribution is 0.0873. The van der Waals surface area contributed by atoms with E-state index >= 15 is 0 Å². The molecule has 0 aliphatic rings. The molecule has 0 aliphatic heterocycles. The Labute approximate surface area is 161 Å². The molecular weight excluding hydrogens is 354 g/mol. The van der Waals surface area contributed by atoms with Crippen LogP contribution in [0.15, 0.2) is 83.7 Å². The third kappa shape index (κ3) is 3.92. The minimum Gasteiger partial charge on any atom is -0.491 e. The second kappa shape index (κ2) is 8.02. The summed E-state index contributed by atoms with van der Waals surface area (Å²) in [6.07, 6.45) is -0.887. The van der Waals surface area contributed by atoms with E-state index in [1.54, 1.807) is 24.3 Å². The van der Waals surface area contributed by atoms with Crippen LogP contribution in [0.25, 0.3) is 22.0 Å². The van der Waals surface area contributed by atoms with Crippen molar-refractivity contribution < 1.29 is 9.84 Å². The normalized spacial score (nSPS) is 12.0. The van der Waals surface area contributed by atoms with Gasteiger partial charge in [0.1, 0.15) is 24.0 Å². The lowest BCUT2D eigenvalue weighted by Crippen LogP contribution is -2.32. The van der Waals surface area contributed by atoms with Crippen molar-refractivity contribution >= 4 is 10.9 Å². The lowest BCUT2D eigenvalue weighted by Gasteiger charge is -2.13. The minimum absolute atomic E-state index is 0.0127. The molecule has 1 heterocycles. The van der Waals surface area contributed by atoms with Gasteiger partial charge in [-0.2, -0.15) is 0 Å². The van der Waals surface area contributed by atoms with Crippen molar-refractivity contribution in [2.75, 3.05) is 6.61 Å². The molecule has 28 heavy (non-hydrogen) atoms. The van der Waals surface area contributed by atoms with Gasteiger partial charge in [-0.15, -0.1) is 5.10 Å². The van der Waals surface area contributed by atoms with E-state index < -0.39 is 6.10 Å². The molecule has 4 aromatic rings. The van der Waals surface area contributed by atoms with Crippen LogP contribution < -0.4 is 10.3 Å². The van der Waals surface area contributed by atoms with Gasteiger partial charge in [-0.3, -0.25) is 4.79 Å². The molecule has 0 radical (unpaired) electrons. The summed E-state index contributed by atoms with van der Waals surface area (Å²) in [6.45, 7) is 0.0599. The summed E-state index contributed by atoms with van der Waals surface area (Å²) in [5, 5.41) is 18.6. The Kier molecular flexibility index (Phi) is 5.12. The maximum Gasteiger partial charge on any atom is 0.277 e. The largest absolute Gasteiger partial charge is 0.491 e. The van der Waals surface area contributed by atoms with Crippen molar-refractivity contribution in [1.29, 1.82) is 0 Å². The van der Waals surface area contributed by atoms with Gasteiger partial charge < -0.3 is 9.84 Å². The van der Waals surface area contributed by atoms with Crippen LogP contribution in [-0.2, 0) is 6.54 Å². The molecule has 0 spiro atoms. The number of hydrogen-bond acceptors (Lipinski definition) is 5. The number of aromatic nitrogens is 3. The highest BCUT2D eigenvalue weighted by Gasteiger charge is 2.11. The quantitative estimate of drug-likeness (QED) is 0.562. The predicted molar refractivity (Wildman–Crippen MR) is 107 cm³/mol. The fourth-order valence-electron chi connectivity index (χ4n) is 2.96. The molecule has 3 aromatic carbocycles. The Balaban J connectivity index is 1.39. The number of hydrogen-bond donors (Lipinski definition) is 1. The van der Waals surface area contributed by atoms with Gasteiger partial charge in [-0.25, -0.2) is 4.68 Å². The molecule has 1 atom stereocenters. The van der Waals surface area contributed by atoms with E-state index in [0.717, 1.165) is 15.8 Å². The van der Waals surface area contributed by atoms with Crippen molar-refractivity contribution in [3.63, 3.8) is 0 Å². The van der Waals surface area contributed by atoms with Crippen LogP contribution in [0.5, 0.6) is 5.75 Å². The van der Waals surface area contributed by atoms with E-state index in [-0.39, 0.29) is 18.7 Å². The van der Waals surface area contributed by atoms with E-state index in [9.17, 15) is 9.90 Å². The van der Waals surface area contributed by atoms with Gasteiger partial charge in [0, 0.05) is 0 Å². The Morgan fingerprint density at radius 1 is 0.893 bits per heavy atom. The highest BCUT2D eigenvalue weighted by molar-refractivity contribution is 5.76. The van der Waals surface area contributed by atoms with Gasteiger partial charge in [0.2, 0.25) is 0 Å². The molecule has 0 fully saturated rings. The van der Waals surface area contributed by atoms with Gasteiger partial charge in [0.05, 0.1) is 11.9 Å². The van der Waals surface area contributed by atoms with Gasteiger partial charge in [0.15, 0.2) is 0 Å². The average Bonchev–Trinajstić information content (AvgIpc) is 2.75. The fraction of sp³-hybridized carbons (Fsp3) is 0.136. The zero-order valence-corrected chi connectivity index (χ0v) is 15.1. The number of nitrogens with zero attached hydrogens (tertiary/aromatic N) is 3. The average molecular weight is 373 g/mol. The number of benzene rings is 3. The third-order valence-corrected chi connectivity index (χ3v) is 4.42. The predicted octanol–water partition coefficient (Wildman–Crippen LogP) is 2.90. The monoisotopic (exact) mass is 373 g/mol. The van der Waals surface area contributed by atoms with E-state index in [1.165, 1.54) is 0 Å². The molecule has 1 N–H and O–H groups in total. The summed E-state index contributed by atoms with van der Waals surface area (Å²) < 4.78 is 6.81. The zero-order chi connectivity index (χ0) is 19.3. The summed E-state index contributed by atoms with van der Waals surface area (Å²) in [5.74, 6) is 0.649. The van der Waals surface area contributed by atoms with Crippen LogP contribution in [0.1, 0.15) is 0 Å². The molecule has 140 valence electrons. The topological polar surface area (TPSA) is 77.2 Å². The van der Waals surface area contributed by atoms with Crippen LogP contribution in [-0.4, -0.2) is 32.8 Å². The summed E-state index contributed by atoms with van der Waals surface area (Å²) in [5.41, 5.74) is 2.47. The first kappa shape index (κ1) is 17.9. The number of fused-ring (bicyclic) bond motifs is 1. The number of ether oxygens (including phenoxy) is 1. The standard InChI is InChI=1S/C22H19N3O3/c26-18(14-25-22(27)20-8-4-5-9-21(20)23-24-25)15-28-19-12-10-17(11-13-19)16-6-2-1-3-7-16/h1-13,18,26H,14-15H2/t18-/m0/s1. The summed E-state index contributed by atoms with van der Waals surface area (Å²) in [7, 11) is 0. The van der Waals surface area contributed by atoms with E-state index in [2.05, 4.69) is 10.3 Å². The minimum atomic E-state index is -0.887. The van der Waals surface area contributed by atoms with Gasteiger partial charge in [0.25, 0.3) is 5.56 Å². The van der Waals surface area contributed by atoms with Crippen LogP contribution in [0, 0.1) is 0 Å². The molecule has 0 saturated carbocycles. The van der Waals surface area contributed by atoms with Crippen LogP contribution in [0.2, 0.25) is 0 Å². The first-order valence-electron chi connectivity index (χ1n) is 8.99. The molecule has 0 saturated heterocycles. The fourth-order valence-corrected chi connectivity index (χ4v) is 2.96. The summed E-state index contributed by atoms with van der Waals surface area (Å²) in [6, 6.07) is 24.7. The van der Waals surface area contributed by atoms with Crippen molar-refractivity contribution in [2.45, 2.75) is 12.6 Å². The van der Waals surface area contributed by atoms with E-state index in [1.807, 2.05) is 54.6 Å². The first-order chi connectivity index (χ1) is 13.7. The highest BCUT2D eigenvalue weighted by atomic mass is 16.5. The Hall–Kier alpha value is -3.51.